The Morgan fingerprint density at radius 3 is 2.20 bits per heavy atom. The average Bonchev–Trinajstić information content (AvgIpc) is 4.04. The van der Waals surface area contributed by atoms with Crippen molar-refractivity contribution in [1.82, 2.24) is 35.5 Å². The molecule has 0 saturated carbocycles. The first kappa shape index (κ1) is 38.9. The number of Topliss-reactive ketones (excluding diaryl/α,β-unsaturated/α-hetero) is 1. The molecule has 3 aromatic carbocycles. The van der Waals surface area contributed by atoms with Crippen LogP contribution in [0.2, 0.25) is 0 Å². The molecule has 294 valence electrons. The zero-order valence-electron chi connectivity index (χ0n) is 32.5. The number of rotatable bonds is 11. The van der Waals surface area contributed by atoms with E-state index in [9.17, 15) is 19.2 Å². The highest BCUT2D eigenvalue weighted by Gasteiger charge is 2.41. The summed E-state index contributed by atoms with van der Waals surface area (Å²) in [5, 5.41) is 7.38. The molecule has 4 heterocycles. The summed E-state index contributed by atoms with van der Waals surface area (Å²) in [7, 11) is 2.59. The summed E-state index contributed by atoms with van der Waals surface area (Å²) >= 11 is 1.72. The second-order valence-electron chi connectivity index (χ2n) is 15.3. The van der Waals surface area contributed by atoms with E-state index in [4.69, 9.17) is 14.5 Å². The molecule has 0 spiro atoms. The van der Waals surface area contributed by atoms with Gasteiger partial charge in [0.05, 0.1) is 54.5 Å². The molecule has 2 aromatic heterocycles. The lowest BCUT2D eigenvalue weighted by atomic mass is 9.87. The normalized spacial score (nSPS) is 19.4. The second-order valence-corrected chi connectivity index (χ2v) is 16.5. The zero-order valence-corrected chi connectivity index (χ0v) is 33.4. The summed E-state index contributed by atoms with van der Waals surface area (Å²) in [6.07, 6.45) is 2.93. The maximum Gasteiger partial charge on any atom is 0.407 e. The molecule has 14 heteroatoms. The fraction of sp³-hybridized carbons (Fsp3) is 0.429. The van der Waals surface area contributed by atoms with Crippen molar-refractivity contribution in [3.63, 3.8) is 0 Å². The lowest BCUT2D eigenvalue weighted by molar-refractivity contribution is -0.135. The number of ketones is 1. The van der Waals surface area contributed by atoms with Crippen LogP contribution >= 0.6 is 11.8 Å². The number of likely N-dealkylation sites (tertiary alicyclic amines) is 1. The molecule has 5 atom stereocenters. The number of hydrogen-bond donors (Lipinski definition) is 4. The van der Waals surface area contributed by atoms with Crippen LogP contribution in [0.5, 0.6) is 0 Å². The number of nitrogens with one attached hydrogen (secondary N) is 4. The van der Waals surface area contributed by atoms with Gasteiger partial charge >= 0.3 is 12.2 Å². The van der Waals surface area contributed by atoms with Gasteiger partial charge in [0.15, 0.2) is 5.78 Å². The monoisotopic (exact) mass is 779 g/mol. The Balaban J connectivity index is 1.07. The number of carbonyl (C=O) groups is 4. The number of amides is 3. The Labute approximate surface area is 330 Å². The molecule has 4 N–H and O–H groups in total. The SMILES string of the molecule is COC(=O)N[C@H](C(=O)C1CCS[C@H]1c1nc2c(ccc3cc(-c4ccc(-c5cnc([C@@H]6CCCN6C(=O)[C@@H](NC(=O)OC)C(C)C)[nH]5)cc4)ccc32)[nH]1)C(C)C. The van der Waals surface area contributed by atoms with Crippen molar-refractivity contribution in [1.29, 1.82) is 0 Å². The van der Waals surface area contributed by atoms with Gasteiger partial charge in [-0.1, -0.05) is 70.2 Å². The summed E-state index contributed by atoms with van der Waals surface area (Å²) in [6, 6.07) is 17.3. The summed E-state index contributed by atoms with van der Waals surface area (Å²) in [5.74, 6) is 1.74. The number of thioether (sulfide) groups is 1. The van der Waals surface area contributed by atoms with Gasteiger partial charge in [-0.3, -0.25) is 9.59 Å². The lowest BCUT2D eigenvalue weighted by Crippen LogP contribution is -2.51. The molecule has 56 heavy (non-hydrogen) atoms. The van der Waals surface area contributed by atoms with Gasteiger partial charge in [-0.2, -0.15) is 0 Å². The summed E-state index contributed by atoms with van der Waals surface area (Å²) < 4.78 is 9.55. The third kappa shape index (κ3) is 7.71. The van der Waals surface area contributed by atoms with E-state index in [-0.39, 0.29) is 40.7 Å². The first-order valence-electron chi connectivity index (χ1n) is 19.2. The van der Waals surface area contributed by atoms with Crippen LogP contribution in [0.4, 0.5) is 9.59 Å². The Morgan fingerprint density at radius 2 is 1.50 bits per heavy atom. The molecule has 5 aromatic rings. The number of imidazole rings is 2. The number of nitrogens with zero attached hydrogens (tertiary/aromatic N) is 3. The molecule has 2 saturated heterocycles. The van der Waals surface area contributed by atoms with Crippen molar-refractivity contribution >= 4 is 57.4 Å². The number of hydrogen-bond acceptors (Lipinski definition) is 9. The number of fused-ring (bicyclic) bond motifs is 3. The Morgan fingerprint density at radius 1 is 0.821 bits per heavy atom. The number of methoxy groups -OCH3 is 2. The molecule has 2 aliphatic rings. The summed E-state index contributed by atoms with van der Waals surface area (Å²) in [4.78, 5) is 69.8. The van der Waals surface area contributed by atoms with Crippen molar-refractivity contribution in [2.75, 3.05) is 26.5 Å². The number of carbonyl (C=O) groups excluding carboxylic acids is 4. The third-order valence-corrected chi connectivity index (χ3v) is 12.4. The van der Waals surface area contributed by atoms with Crippen molar-refractivity contribution in [3.8, 4) is 22.4 Å². The average molecular weight is 780 g/mol. The predicted molar refractivity (Wildman–Crippen MR) is 217 cm³/mol. The van der Waals surface area contributed by atoms with E-state index in [1.165, 1.54) is 14.2 Å². The number of aromatic nitrogens is 4. The highest BCUT2D eigenvalue weighted by Crippen LogP contribution is 2.46. The number of aromatic amines is 2. The fourth-order valence-corrected chi connectivity index (χ4v) is 9.37. The third-order valence-electron chi connectivity index (χ3n) is 11.0. The van der Waals surface area contributed by atoms with Crippen LogP contribution in [0.15, 0.2) is 60.8 Å². The largest absolute Gasteiger partial charge is 0.453 e. The van der Waals surface area contributed by atoms with Crippen LogP contribution in [0.3, 0.4) is 0 Å². The molecule has 7 rings (SSSR count). The minimum absolute atomic E-state index is 0.00734. The molecule has 0 aliphatic carbocycles. The quantitative estimate of drug-likeness (QED) is 0.106. The Hall–Kier alpha value is -5.37. The molecule has 3 amide bonds. The van der Waals surface area contributed by atoms with Crippen LogP contribution in [0.1, 0.15) is 69.9 Å². The highest BCUT2D eigenvalue weighted by atomic mass is 32.2. The van der Waals surface area contributed by atoms with Crippen LogP contribution in [0, 0.1) is 17.8 Å². The van der Waals surface area contributed by atoms with E-state index in [1.54, 1.807) is 18.0 Å². The van der Waals surface area contributed by atoms with Crippen LogP contribution < -0.4 is 10.6 Å². The molecule has 13 nitrogen and oxygen atoms in total. The van der Waals surface area contributed by atoms with E-state index in [0.29, 0.717) is 6.54 Å². The fourth-order valence-electron chi connectivity index (χ4n) is 7.96. The van der Waals surface area contributed by atoms with Gasteiger partial charge in [-0.15, -0.1) is 11.8 Å². The number of ether oxygens (including phenoxy) is 2. The van der Waals surface area contributed by atoms with E-state index in [2.05, 4.69) is 74.1 Å². The molecular formula is C42H49N7O6S. The molecule has 0 bridgehead atoms. The van der Waals surface area contributed by atoms with E-state index in [0.717, 1.165) is 80.9 Å². The number of H-pyrrole nitrogens is 2. The van der Waals surface area contributed by atoms with Crippen LogP contribution in [-0.2, 0) is 19.1 Å². The van der Waals surface area contributed by atoms with Gasteiger partial charge in [0.2, 0.25) is 5.91 Å². The predicted octanol–water partition coefficient (Wildman–Crippen LogP) is 7.56. The van der Waals surface area contributed by atoms with Crippen molar-refractivity contribution in [2.45, 2.75) is 70.3 Å². The Bertz CT molecular complexity index is 2250. The number of benzene rings is 3. The molecular weight excluding hydrogens is 731 g/mol. The van der Waals surface area contributed by atoms with E-state index < -0.39 is 24.3 Å². The maximum atomic E-state index is 13.7. The standard InChI is InChI=1S/C42H49N7O6S/c1-22(2)33(47-41(52)54-5)36(50)29-17-19-56-37(29)39-44-30-16-14-27-20-26(13-15-28(27)35(30)46-39)24-9-11-25(12-10-24)31-21-43-38(45-31)32-8-7-18-49(32)40(51)34(23(3)4)48-42(53)55-6/h9-16,20-23,29,32-34,37H,7-8,17-19H2,1-6H3,(H,43,45)(H,44,46)(H,47,52)(H,48,53)/t29?,32-,33-,34-,37+/m0/s1. The van der Waals surface area contributed by atoms with Gasteiger partial charge in [-0.05, 0) is 71.1 Å². The number of alkyl carbamates (subject to hydrolysis) is 2. The maximum absolute atomic E-state index is 13.7. The van der Waals surface area contributed by atoms with Gasteiger partial charge in [0, 0.05) is 17.8 Å². The van der Waals surface area contributed by atoms with E-state index >= 15 is 0 Å². The molecule has 0 radical (unpaired) electrons. The van der Waals surface area contributed by atoms with Gasteiger partial charge < -0.3 is 35.0 Å². The molecule has 2 aliphatic heterocycles. The highest BCUT2D eigenvalue weighted by molar-refractivity contribution is 7.99. The summed E-state index contributed by atoms with van der Waals surface area (Å²) in [5.41, 5.74) is 5.75. The van der Waals surface area contributed by atoms with E-state index in [1.807, 2.05) is 38.7 Å². The van der Waals surface area contributed by atoms with Gasteiger partial charge in [0.1, 0.15) is 17.7 Å². The van der Waals surface area contributed by atoms with Crippen molar-refractivity contribution in [2.24, 2.45) is 17.8 Å². The van der Waals surface area contributed by atoms with Gasteiger partial charge in [-0.25, -0.2) is 19.6 Å². The minimum Gasteiger partial charge on any atom is -0.453 e. The van der Waals surface area contributed by atoms with Gasteiger partial charge in [0.25, 0.3) is 0 Å². The minimum atomic E-state index is -0.689. The second kappa shape index (κ2) is 16.4. The molecule has 2 fully saturated rings. The van der Waals surface area contributed by atoms with Crippen molar-refractivity contribution < 1.29 is 28.7 Å². The van der Waals surface area contributed by atoms with Crippen molar-refractivity contribution in [3.05, 3.63) is 72.4 Å². The first-order chi connectivity index (χ1) is 27.0. The zero-order chi connectivity index (χ0) is 39.7. The van der Waals surface area contributed by atoms with Crippen LogP contribution in [0.25, 0.3) is 44.2 Å². The smallest absolute Gasteiger partial charge is 0.407 e. The first-order valence-corrected chi connectivity index (χ1v) is 20.2. The molecule has 1 unspecified atom stereocenters. The lowest BCUT2D eigenvalue weighted by Gasteiger charge is -2.30. The van der Waals surface area contributed by atoms with Crippen LogP contribution in [-0.4, -0.2) is 87.3 Å². The Kier molecular flexibility index (Phi) is 11.4. The summed E-state index contributed by atoms with van der Waals surface area (Å²) in [6.45, 7) is 8.25. The topological polar surface area (TPSA) is 171 Å².